The lowest BCUT2D eigenvalue weighted by Crippen LogP contribution is -2.33. The maximum atomic E-state index is 11.4. The van der Waals surface area contributed by atoms with Crippen LogP contribution in [0.3, 0.4) is 0 Å². The van der Waals surface area contributed by atoms with Crippen molar-refractivity contribution in [1.29, 1.82) is 0 Å². The average Bonchev–Trinajstić information content (AvgIpc) is 2.54. The maximum Gasteiger partial charge on any atom is 0.328 e. The normalized spacial score (nSPS) is 10.3. The van der Waals surface area contributed by atoms with Crippen LogP contribution in [0.4, 0.5) is 10.5 Å². The number of carboxylic acid groups (broad SMARTS) is 1. The Labute approximate surface area is 102 Å². The lowest BCUT2D eigenvalue weighted by Gasteiger charge is -2.02. The summed E-state index contributed by atoms with van der Waals surface area (Å²) in [6, 6.07) is -0.758. The smallest absolute Gasteiger partial charge is 0.328 e. The van der Waals surface area contributed by atoms with Gasteiger partial charge in [-0.3, -0.25) is 14.8 Å². The van der Waals surface area contributed by atoms with E-state index in [2.05, 4.69) is 10.4 Å². The van der Waals surface area contributed by atoms with Crippen molar-refractivity contribution in [2.24, 2.45) is 7.05 Å². The zero-order valence-electron chi connectivity index (χ0n) is 9.80. The van der Waals surface area contributed by atoms with Crippen LogP contribution in [0.25, 0.3) is 0 Å². The molecule has 3 amide bonds. The van der Waals surface area contributed by atoms with Gasteiger partial charge in [-0.1, -0.05) is 0 Å². The Morgan fingerprint density at radius 1 is 1.39 bits per heavy atom. The monoisotopic (exact) mass is 252 g/mol. The van der Waals surface area contributed by atoms with E-state index in [1.54, 1.807) is 20.2 Å². The van der Waals surface area contributed by atoms with E-state index in [1.807, 2.05) is 5.32 Å². The standard InChI is InChI=1S/C10H12N4O4/c1-6-7(5-14(2)13-6)11-10(18)12-8(15)3-4-9(16)17/h3-5H,1-2H3,(H,16,17)(H2,11,12,15,18)/b4-3+. The van der Waals surface area contributed by atoms with Crippen LogP contribution < -0.4 is 10.6 Å². The summed E-state index contributed by atoms with van der Waals surface area (Å²) in [6.07, 6.45) is 2.96. The molecule has 1 aromatic rings. The number of hydrogen-bond acceptors (Lipinski definition) is 4. The van der Waals surface area contributed by atoms with Gasteiger partial charge >= 0.3 is 12.0 Å². The summed E-state index contributed by atoms with van der Waals surface area (Å²) < 4.78 is 1.51. The van der Waals surface area contributed by atoms with E-state index in [1.165, 1.54) is 4.68 Å². The Hall–Kier alpha value is -2.64. The molecule has 0 atom stereocenters. The molecule has 18 heavy (non-hydrogen) atoms. The van der Waals surface area contributed by atoms with E-state index in [0.29, 0.717) is 17.5 Å². The number of rotatable bonds is 3. The van der Waals surface area contributed by atoms with E-state index in [4.69, 9.17) is 5.11 Å². The fourth-order valence-corrected chi connectivity index (χ4v) is 1.18. The number of amides is 3. The van der Waals surface area contributed by atoms with Crippen LogP contribution in [0.1, 0.15) is 5.69 Å². The van der Waals surface area contributed by atoms with Crippen LogP contribution in [0, 0.1) is 6.92 Å². The van der Waals surface area contributed by atoms with Crippen LogP contribution in [0.15, 0.2) is 18.3 Å². The zero-order valence-corrected chi connectivity index (χ0v) is 9.80. The quantitative estimate of drug-likeness (QED) is 0.656. The number of nitrogens with zero attached hydrogens (tertiary/aromatic N) is 2. The molecule has 0 fully saturated rings. The second kappa shape index (κ2) is 5.62. The number of aryl methyl sites for hydroxylation is 2. The summed E-state index contributed by atoms with van der Waals surface area (Å²) in [6.45, 7) is 1.70. The number of anilines is 1. The molecule has 1 heterocycles. The minimum atomic E-state index is -1.27. The third-order valence-electron chi connectivity index (χ3n) is 1.88. The largest absolute Gasteiger partial charge is 0.478 e. The predicted octanol–water partition coefficient (Wildman–Crippen LogP) is 0.0174. The van der Waals surface area contributed by atoms with Gasteiger partial charge in [-0.05, 0) is 6.92 Å². The SMILES string of the molecule is Cc1nn(C)cc1NC(=O)NC(=O)/C=C/C(=O)O. The lowest BCUT2D eigenvalue weighted by atomic mass is 10.4. The first kappa shape index (κ1) is 13.4. The van der Waals surface area contributed by atoms with E-state index >= 15 is 0 Å². The third kappa shape index (κ3) is 4.08. The average molecular weight is 252 g/mol. The highest BCUT2D eigenvalue weighted by molar-refractivity contribution is 6.06. The van der Waals surface area contributed by atoms with Gasteiger partial charge in [-0.25, -0.2) is 9.59 Å². The van der Waals surface area contributed by atoms with Crippen LogP contribution in [0.5, 0.6) is 0 Å². The molecule has 0 radical (unpaired) electrons. The number of aromatic nitrogens is 2. The van der Waals surface area contributed by atoms with Gasteiger partial charge in [-0.2, -0.15) is 5.10 Å². The van der Waals surface area contributed by atoms with E-state index in [-0.39, 0.29) is 0 Å². The molecule has 0 saturated heterocycles. The second-order valence-electron chi connectivity index (χ2n) is 3.42. The summed E-state index contributed by atoms with van der Waals surface area (Å²) >= 11 is 0. The van der Waals surface area contributed by atoms with Crippen LogP contribution in [-0.4, -0.2) is 32.8 Å². The zero-order chi connectivity index (χ0) is 13.7. The van der Waals surface area contributed by atoms with Gasteiger partial charge in [-0.15, -0.1) is 0 Å². The summed E-state index contributed by atoms with van der Waals surface area (Å²) in [5.74, 6) is -2.09. The van der Waals surface area contributed by atoms with E-state index in [9.17, 15) is 14.4 Å². The minimum Gasteiger partial charge on any atom is -0.478 e. The number of carbonyl (C=O) groups is 3. The Kier molecular flexibility index (Phi) is 4.19. The Morgan fingerprint density at radius 3 is 2.56 bits per heavy atom. The van der Waals surface area contributed by atoms with Crippen LogP contribution >= 0.6 is 0 Å². The van der Waals surface area contributed by atoms with Gasteiger partial charge in [0.25, 0.3) is 5.91 Å². The van der Waals surface area contributed by atoms with Gasteiger partial charge in [0.1, 0.15) is 0 Å². The van der Waals surface area contributed by atoms with Crippen molar-refractivity contribution in [3.05, 3.63) is 24.0 Å². The second-order valence-corrected chi connectivity index (χ2v) is 3.42. The van der Waals surface area contributed by atoms with Crippen LogP contribution in [-0.2, 0) is 16.6 Å². The van der Waals surface area contributed by atoms with Crippen molar-refractivity contribution >= 4 is 23.6 Å². The lowest BCUT2D eigenvalue weighted by molar-refractivity contribution is -0.131. The molecule has 0 spiro atoms. The number of aliphatic carboxylic acids is 1. The molecule has 0 aromatic carbocycles. The van der Waals surface area contributed by atoms with Crippen molar-refractivity contribution in [2.75, 3.05) is 5.32 Å². The van der Waals surface area contributed by atoms with Crippen molar-refractivity contribution in [1.82, 2.24) is 15.1 Å². The highest BCUT2D eigenvalue weighted by Gasteiger charge is 2.09. The van der Waals surface area contributed by atoms with Gasteiger partial charge in [0.2, 0.25) is 0 Å². The molecule has 0 aliphatic rings. The van der Waals surface area contributed by atoms with Crippen molar-refractivity contribution in [3.8, 4) is 0 Å². The first-order chi connectivity index (χ1) is 8.38. The molecular weight excluding hydrogens is 240 g/mol. The molecule has 8 heteroatoms. The Morgan fingerprint density at radius 2 is 2.06 bits per heavy atom. The molecule has 3 N–H and O–H groups in total. The summed E-state index contributed by atoms with van der Waals surface area (Å²) in [5.41, 5.74) is 1.06. The van der Waals surface area contributed by atoms with Gasteiger partial charge in [0, 0.05) is 25.4 Å². The van der Waals surface area contributed by atoms with Crippen molar-refractivity contribution in [2.45, 2.75) is 6.92 Å². The number of carbonyl (C=O) groups excluding carboxylic acids is 2. The predicted molar refractivity (Wildman–Crippen MR) is 61.9 cm³/mol. The maximum absolute atomic E-state index is 11.4. The molecule has 1 aromatic heterocycles. The minimum absolute atomic E-state index is 0.463. The fraction of sp³-hybridized carbons (Fsp3) is 0.200. The number of hydrogen-bond donors (Lipinski definition) is 3. The summed E-state index contributed by atoms with van der Waals surface area (Å²) in [5, 5.41) is 16.7. The Balaban J connectivity index is 2.54. The van der Waals surface area contributed by atoms with Gasteiger partial charge < -0.3 is 10.4 Å². The molecular formula is C10H12N4O4. The van der Waals surface area contributed by atoms with Crippen molar-refractivity contribution < 1.29 is 19.5 Å². The highest BCUT2D eigenvalue weighted by atomic mass is 16.4. The first-order valence-corrected chi connectivity index (χ1v) is 4.91. The summed E-state index contributed by atoms with van der Waals surface area (Å²) in [4.78, 5) is 32.6. The number of urea groups is 1. The van der Waals surface area contributed by atoms with Crippen molar-refractivity contribution in [3.63, 3.8) is 0 Å². The molecule has 0 aliphatic heterocycles. The van der Waals surface area contributed by atoms with Gasteiger partial charge in [0.05, 0.1) is 11.4 Å². The molecule has 0 unspecified atom stereocenters. The number of carboxylic acids is 1. The molecule has 0 aliphatic carbocycles. The molecule has 8 nitrogen and oxygen atoms in total. The molecule has 0 bridgehead atoms. The van der Waals surface area contributed by atoms with E-state index in [0.717, 1.165) is 6.08 Å². The third-order valence-corrected chi connectivity index (χ3v) is 1.88. The summed E-state index contributed by atoms with van der Waals surface area (Å²) in [7, 11) is 1.69. The van der Waals surface area contributed by atoms with Crippen LogP contribution in [0.2, 0.25) is 0 Å². The molecule has 0 saturated carbocycles. The number of imide groups is 1. The number of nitrogens with one attached hydrogen (secondary N) is 2. The fourth-order valence-electron chi connectivity index (χ4n) is 1.18. The molecule has 96 valence electrons. The van der Waals surface area contributed by atoms with Gasteiger partial charge in [0.15, 0.2) is 0 Å². The molecule has 1 rings (SSSR count). The first-order valence-electron chi connectivity index (χ1n) is 4.91. The topological polar surface area (TPSA) is 113 Å². The van der Waals surface area contributed by atoms with E-state index < -0.39 is 17.9 Å². The Bertz CT molecular complexity index is 518. The highest BCUT2D eigenvalue weighted by Crippen LogP contribution is 2.10.